The van der Waals surface area contributed by atoms with Crippen LogP contribution in [0.4, 0.5) is 0 Å². The van der Waals surface area contributed by atoms with E-state index in [9.17, 15) is 4.79 Å². The fraction of sp³-hybridized carbons (Fsp3) is 0.500. The molecule has 0 bridgehead atoms. The van der Waals surface area contributed by atoms with Crippen LogP contribution in [0.2, 0.25) is 0 Å². The van der Waals surface area contributed by atoms with Crippen LogP contribution >= 0.6 is 15.9 Å². The van der Waals surface area contributed by atoms with E-state index in [1.165, 1.54) is 7.11 Å². The van der Waals surface area contributed by atoms with Gasteiger partial charge < -0.3 is 9.47 Å². The maximum atomic E-state index is 11.6. The number of halogens is 1. The Morgan fingerprint density at radius 3 is 2.64 bits per heavy atom. The summed E-state index contributed by atoms with van der Waals surface area (Å²) in [4.78, 5) is 11.6. The molecule has 22 heavy (non-hydrogen) atoms. The molecule has 1 saturated carbocycles. The first-order valence-electron chi connectivity index (χ1n) is 7.42. The summed E-state index contributed by atoms with van der Waals surface area (Å²) in [5.74, 6) is 0.741. The molecule has 0 saturated heterocycles. The monoisotopic (exact) mass is 366 g/mol. The maximum Gasteiger partial charge on any atom is 0.308 e. The third-order valence-electron chi connectivity index (χ3n) is 4.40. The molecular formula is C16H19BrN2O3. The summed E-state index contributed by atoms with van der Waals surface area (Å²) in [5, 5.41) is 5.76. The van der Waals surface area contributed by atoms with Gasteiger partial charge in [-0.15, -0.1) is 0 Å². The standard InChI is InChI=1S/C16H19BrN2O3/c1-21-15-8-14-11(7-13(15)17)9-19(18-14)12-5-3-10(4-6-12)16(20)22-2/h7-10,12H,3-6H2,1-2H3. The highest BCUT2D eigenvalue weighted by atomic mass is 79.9. The summed E-state index contributed by atoms with van der Waals surface area (Å²) < 4.78 is 13.1. The van der Waals surface area contributed by atoms with Crippen LogP contribution in [0.25, 0.3) is 10.9 Å². The van der Waals surface area contributed by atoms with E-state index in [2.05, 4.69) is 27.2 Å². The Morgan fingerprint density at radius 1 is 1.27 bits per heavy atom. The number of carbonyl (C=O) groups is 1. The molecule has 1 aliphatic rings. The molecule has 0 amide bonds. The first-order valence-corrected chi connectivity index (χ1v) is 8.22. The Labute approximate surface area is 137 Å². The lowest BCUT2D eigenvalue weighted by Crippen LogP contribution is -2.24. The molecule has 6 heteroatoms. The van der Waals surface area contributed by atoms with Crippen molar-refractivity contribution in [3.8, 4) is 5.75 Å². The van der Waals surface area contributed by atoms with Gasteiger partial charge in [-0.25, -0.2) is 0 Å². The van der Waals surface area contributed by atoms with Gasteiger partial charge in [-0.2, -0.15) is 5.10 Å². The van der Waals surface area contributed by atoms with Crippen LogP contribution in [0.15, 0.2) is 22.8 Å². The molecule has 1 heterocycles. The predicted molar refractivity (Wildman–Crippen MR) is 87.0 cm³/mol. The molecule has 2 aromatic rings. The normalized spacial score (nSPS) is 21.8. The highest BCUT2D eigenvalue weighted by Crippen LogP contribution is 2.35. The highest BCUT2D eigenvalue weighted by Gasteiger charge is 2.28. The molecule has 0 radical (unpaired) electrons. The van der Waals surface area contributed by atoms with Crippen molar-refractivity contribution in [2.45, 2.75) is 31.7 Å². The van der Waals surface area contributed by atoms with E-state index < -0.39 is 0 Å². The van der Waals surface area contributed by atoms with Crippen LogP contribution in [-0.2, 0) is 9.53 Å². The number of hydrogen-bond donors (Lipinski definition) is 0. The Balaban J connectivity index is 1.79. The number of methoxy groups -OCH3 is 2. The number of esters is 1. The Morgan fingerprint density at radius 2 is 2.00 bits per heavy atom. The van der Waals surface area contributed by atoms with Crippen LogP contribution < -0.4 is 4.74 Å². The largest absolute Gasteiger partial charge is 0.495 e. The fourth-order valence-corrected chi connectivity index (χ4v) is 3.65. The zero-order valence-electron chi connectivity index (χ0n) is 12.7. The minimum Gasteiger partial charge on any atom is -0.495 e. The van der Waals surface area contributed by atoms with Crippen molar-refractivity contribution in [2.24, 2.45) is 5.92 Å². The predicted octanol–water partition coefficient (Wildman–Crippen LogP) is 3.71. The lowest BCUT2D eigenvalue weighted by Gasteiger charge is -2.26. The lowest BCUT2D eigenvalue weighted by atomic mass is 9.86. The quantitative estimate of drug-likeness (QED) is 0.776. The minimum absolute atomic E-state index is 0.0421. The second kappa shape index (κ2) is 6.28. The van der Waals surface area contributed by atoms with E-state index in [1.54, 1.807) is 7.11 Å². The number of carbonyl (C=O) groups excluding carboxylic acids is 1. The van der Waals surface area contributed by atoms with Crippen molar-refractivity contribution >= 4 is 32.8 Å². The molecule has 0 atom stereocenters. The number of fused-ring (bicyclic) bond motifs is 1. The van der Waals surface area contributed by atoms with E-state index in [0.29, 0.717) is 6.04 Å². The molecule has 0 N–H and O–H groups in total. The second-order valence-electron chi connectivity index (χ2n) is 5.68. The summed E-state index contributed by atoms with van der Waals surface area (Å²) in [6.07, 6.45) is 5.70. The van der Waals surface area contributed by atoms with Crippen molar-refractivity contribution in [1.29, 1.82) is 0 Å². The third-order valence-corrected chi connectivity index (χ3v) is 5.02. The van der Waals surface area contributed by atoms with Gasteiger partial charge in [0.15, 0.2) is 0 Å². The molecule has 0 aliphatic heterocycles. The number of aromatic nitrogens is 2. The zero-order valence-corrected chi connectivity index (χ0v) is 14.3. The Kier molecular flexibility index (Phi) is 4.38. The molecule has 1 fully saturated rings. The van der Waals surface area contributed by atoms with Crippen molar-refractivity contribution in [3.05, 3.63) is 22.8 Å². The van der Waals surface area contributed by atoms with Crippen molar-refractivity contribution in [1.82, 2.24) is 9.78 Å². The fourth-order valence-electron chi connectivity index (χ4n) is 3.13. The first kappa shape index (κ1) is 15.3. The van der Waals surface area contributed by atoms with Crippen molar-refractivity contribution in [2.75, 3.05) is 14.2 Å². The summed E-state index contributed by atoms with van der Waals surface area (Å²) in [6.45, 7) is 0. The summed E-state index contributed by atoms with van der Waals surface area (Å²) in [5.41, 5.74) is 0.926. The van der Waals surface area contributed by atoms with Gasteiger partial charge in [-0.1, -0.05) is 0 Å². The molecule has 1 aromatic carbocycles. The average molecular weight is 367 g/mol. The van der Waals surface area contributed by atoms with Gasteiger partial charge in [0.25, 0.3) is 0 Å². The molecular weight excluding hydrogens is 348 g/mol. The highest BCUT2D eigenvalue weighted by molar-refractivity contribution is 9.10. The van der Waals surface area contributed by atoms with Crippen LogP contribution in [0.5, 0.6) is 5.75 Å². The summed E-state index contributed by atoms with van der Waals surface area (Å²) in [7, 11) is 3.11. The summed E-state index contributed by atoms with van der Waals surface area (Å²) in [6, 6.07) is 4.31. The number of rotatable bonds is 3. The first-order chi connectivity index (χ1) is 10.6. The van der Waals surface area contributed by atoms with E-state index in [4.69, 9.17) is 9.47 Å². The van der Waals surface area contributed by atoms with E-state index >= 15 is 0 Å². The zero-order chi connectivity index (χ0) is 15.7. The van der Waals surface area contributed by atoms with Gasteiger partial charge in [0, 0.05) is 17.6 Å². The molecule has 118 valence electrons. The van der Waals surface area contributed by atoms with Gasteiger partial charge in [0.05, 0.1) is 36.2 Å². The average Bonchev–Trinajstić information content (AvgIpc) is 2.96. The van der Waals surface area contributed by atoms with Gasteiger partial charge in [-0.05, 0) is 47.7 Å². The molecule has 1 aliphatic carbocycles. The lowest BCUT2D eigenvalue weighted by molar-refractivity contribution is -0.146. The van der Waals surface area contributed by atoms with Crippen LogP contribution in [0.3, 0.4) is 0 Å². The maximum absolute atomic E-state index is 11.6. The van der Waals surface area contributed by atoms with Gasteiger partial charge in [0.1, 0.15) is 5.75 Å². The SMILES string of the molecule is COC(=O)C1CCC(n2cc3cc(Br)c(OC)cc3n2)CC1. The van der Waals surface area contributed by atoms with Gasteiger partial charge >= 0.3 is 5.97 Å². The van der Waals surface area contributed by atoms with Crippen molar-refractivity contribution in [3.63, 3.8) is 0 Å². The van der Waals surface area contributed by atoms with Crippen LogP contribution in [0, 0.1) is 5.92 Å². The number of nitrogens with zero attached hydrogens (tertiary/aromatic N) is 2. The summed E-state index contributed by atoms with van der Waals surface area (Å²) >= 11 is 3.50. The molecule has 1 aromatic heterocycles. The molecule has 5 nitrogen and oxygen atoms in total. The topological polar surface area (TPSA) is 53.4 Å². The minimum atomic E-state index is -0.0854. The Hall–Kier alpha value is -1.56. The number of benzene rings is 1. The number of hydrogen-bond acceptors (Lipinski definition) is 4. The van der Waals surface area contributed by atoms with E-state index in [-0.39, 0.29) is 11.9 Å². The van der Waals surface area contributed by atoms with Crippen LogP contribution in [0.1, 0.15) is 31.7 Å². The smallest absolute Gasteiger partial charge is 0.308 e. The van der Waals surface area contributed by atoms with Crippen LogP contribution in [-0.4, -0.2) is 30.0 Å². The number of ether oxygens (including phenoxy) is 2. The van der Waals surface area contributed by atoms with Gasteiger partial charge in [-0.3, -0.25) is 9.48 Å². The van der Waals surface area contributed by atoms with Gasteiger partial charge in [0.2, 0.25) is 0 Å². The van der Waals surface area contributed by atoms with E-state index in [1.807, 2.05) is 16.8 Å². The van der Waals surface area contributed by atoms with E-state index in [0.717, 1.165) is 46.8 Å². The Bertz CT molecular complexity index is 690. The molecule has 0 spiro atoms. The van der Waals surface area contributed by atoms with Crippen molar-refractivity contribution < 1.29 is 14.3 Å². The second-order valence-corrected chi connectivity index (χ2v) is 6.54. The molecule has 0 unspecified atom stereocenters. The molecule has 3 rings (SSSR count). The third kappa shape index (κ3) is 2.84.